The number of fused-ring (bicyclic) bond motifs is 3. The molecule has 26 heavy (non-hydrogen) atoms. The lowest BCUT2D eigenvalue weighted by molar-refractivity contribution is -0.384. The van der Waals surface area contributed by atoms with Crippen LogP contribution in [-0.4, -0.2) is 15.8 Å². The average molecular weight is 350 g/mol. The number of carbonyl (C=O) groups is 1. The zero-order valence-corrected chi connectivity index (χ0v) is 14.0. The molecule has 7 heteroatoms. The van der Waals surface area contributed by atoms with Gasteiger partial charge in [0.05, 0.1) is 16.0 Å². The van der Waals surface area contributed by atoms with Crippen LogP contribution in [0.4, 0.5) is 11.4 Å². The molecule has 0 radical (unpaired) electrons. The van der Waals surface area contributed by atoms with Gasteiger partial charge in [-0.3, -0.25) is 25.8 Å². The Balaban J connectivity index is 1.61. The van der Waals surface area contributed by atoms with E-state index in [1.807, 2.05) is 12.1 Å². The van der Waals surface area contributed by atoms with Gasteiger partial charge in [-0.2, -0.15) is 0 Å². The Kier molecular flexibility index (Phi) is 4.04. The Morgan fingerprint density at radius 3 is 2.73 bits per heavy atom. The van der Waals surface area contributed by atoms with Crippen LogP contribution in [0.25, 0.3) is 10.9 Å². The molecule has 0 unspecified atom stereocenters. The Hall–Kier alpha value is -3.35. The maximum Gasteiger partial charge on any atom is 0.294 e. The maximum absolute atomic E-state index is 12.7. The van der Waals surface area contributed by atoms with Crippen molar-refractivity contribution in [1.29, 1.82) is 0 Å². The number of rotatable bonds is 4. The van der Waals surface area contributed by atoms with Crippen molar-refractivity contribution >= 4 is 28.2 Å². The molecule has 0 atom stereocenters. The van der Waals surface area contributed by atoms with Gasteiger partial charge in [-0.1, -0.05) is 24.3 Å². The van der Waals surface area contributed by atoms with Gasteiger partial charge >= 0.3 is 0 Å². The number of aromatic nitrogens is 1. The highest BCUT2D eigenvalue weighted by Gasteiger charge is 2.20. The molecule has 0 saturated carbocycles. The second-order valence-corrected chi connectivity index (χ2v) is 6.37. The van der Waals surface area contributed by atoms with E-state index in [1.165, 1.54) is 17.3 Å². The molecular formula is C19H18N4O3. The highest BCUT2D eigenvalue weighted by atomic mass is 16.6. The number of hydrogen-bond acceptors (Lipinski definition) is 4. The smallest absolute Gasteiger partial charge is 0.294 e. The molecular weight excluding hydrogens is 332 g/mol. The molecule has 132 valence electrons. The quantitative estimate of drug-likeness (QED) is 0.493. The number of H-pyrrole nitrogens is 1. The molecule has 0 aliphatic heterocycles. The van der Waals surface area contributed by atoms with Gasteiger partial charge in [0.25, 0.3) is 11.6 Å². The Morgan fingerprint density at radius 2 is 1.88 bits per heavy atom. The second-order valence-electron chi connectivity index (χ2n) is 6.37. The molecule has 1 heterocycles. The summed E-state index contributed by atoms with van der Waals surface area (Å²) in [7, 11) is 0. The number of nitro benzene ring substituents is 1. The number of hydrazine groups is 1. The summed E-state index contributed by atoms with van der Waals surface area (Å²) in [6.07, 6.45) is 4.34. The van der Waals surface area contributed by atoms with Crippen molar-refractivity contribution in [2.75, 3.05) is 5.43 Å². The van der Waals surface area contributed by atoms with E-state index < -0.39 is 4.92 Å². The summed E-state index contributed by atoms with van der Waals surface area (Å²) in [4.78, 5) is 26.6. The molecule has 0 spiro atoms. The minimum Gasteiger partial charge on any atom is -0.358 e. The summed E-state index contributed by atoms with van der Waals surface area (Å²) in [6, 6.07) is 11.8. The van der Waals surface area contributed by atoms with Crippen LogP contribution in [0.3, 0.4) is 0 Å². The van der Waals surface area contributed by atoms with Gasteiger partial charge in [0.1, 0.15) is 5.69 Å². The first kappa shape index (κ1) is 16.1. The minimum atomic E-state index is -0.492. The fourth-order valence-electron chi connectivity index (χ4n) is 3.55. The SMILES string of the molecule is O=C(NNc1ccccc1[N+](=O)[O-])c1cccc2c3c([nH]c12)CCCC3. The molecule has 1 amide bonds. The van der Waals surface area contributed by atoms with Crippen LogP contribution >= 0.6 is 0 Å². The number of carbonyl (C=O) groups excluding carboxylic acids is 1. The van der Waals surface area contributed by atoms with Crippen molar-refractivity contribution in [2.45, 2.75) is 25.7 Å². The number of aromatic amines is 1. The van der Waals surface area contributed by atoms with E-state index in [0.717, 1.165) is 36.6 Å². The monoisotopic (exact) mass is 350 g/mol. The molecule has 3 aromatic rings. The van der Waals surface area contributed by atoms with Gasteiger partial charge < -0.3 is 4.98 Å². The zero-order valence-electron chi connectivity index (χ0n) is 14.0. The average Bonchev–Trinajstić information content (AvgIpc) is 3.05. The largest absolute Gasteiger partial charge is 0.358 e. The fourth-order valence-corrected chi connectivity index (χ4v) is 3.55. The number of nitrogens with zero attached hydrogens (tertiary/aromatic N) is 1. The lowest BCUT2D eigenvalue weighted by atomic mass is 9.95. The molecule has 2 aromatic carbocycles. The van der Waals surface area contributed by atoms with Crippen molar-refractivity contribution in [3.05, 3.63) is 69.4 Å². The summed E-state index contributed by atoms with van der Waals surface area (Å²) < 4.78 is 0. The van der Waals surface area contributed by atoms with Gasteiger partial charge in [-0.05, 0) is 43.4 Å². The van der Waals surface area contributed by atoms with E-state index in [1.54, 1.807) is 24.3 Å². The minimum absolute atomic E-state index is 0.0960. The van der Waals surface area contributed by atoms with E-state index in [-0.39, 0.29) is 17.3 Å². The molecule has 4 rings (SSSR count). The molecule has 0 fully saturated rings. The number of anilines is 1. The lowest BCUT2D eigenvalue weighted by Gasteiger charge is -2.10. The Bertz CT molecular complexity index is 1010. The lowest BCUT2D eigenvalue weighted by Crippen LogP contribution is -2.29. The van der Waals surface area contributed by atoms with Crippen molar-refractivity contribution in [3.63, 3.8) is 0 Å². The summed E-state index contributed by atoms with van der Waals surface area (Å²) >= 11 is 0. The Morgan fingerprint density at radius 1 is 1.08 bits per heavy atom. The van der Waals surface area contributed by atoms with E-state index >= 15 is 0 Å². The number of aryl methyl sites for hydroxylation is 2. The number of benzene rings is 2. The van der Waals surface area contributed by atoms with E-state index in [9.17, 15) is 14.9 Å². The summed E-state index contributed by atoms with van der Waals surface area (Å²) in [6.45, 7) is 0. The van der Waals surface area contributed by atoms with E-state index in [2.05, 4.69) is 15.8 Å². The van der Waals surface area contributed by atoms with Gasteiger partial charge in [-0.25, -0.2) is 0 Å². The van der Waals surface area contributed by atoms with Gasteiger partial charge in [0.15, 0.2) is 0 Å². The molecule has 0 saturated heterocycles. The third kappa shape index (κ3) is 2.77. The third-order valence-corrected chi connectivity index (χ3v) is 4.79. The van der Waals surface area contributed by atoms with Crippen LogP contribution in [0.5, 0.6) is 0 Å². The van der Waals surface area contributed by atoms with Crippen molar-refractivity contribution in [2.24, 2.45) is 0 Å². The standard InChI is InChI=1S/C19H18N4O3/c24-19(22-21-16-10-3-4-11-17(16)23(25)26)14-8-5-7-13-12-6-1-2-9-15(12)20-18(13)14/h3-5,7-8,10-11,20-21H,1-2,6,9H2,(H,22,24). The highest BCUT2D eigenvalue weighted by Crippen LogP contribution is 2.30. The fraction of sp³-hybridized carbons (Fsp3) is 0.211. The van der Waals surface area contributed by atoms with Crippen molar-refractivity contribution < 1.29 is 9.72 Å². The van der Waals surface area contributed by atoms with Crippen LogP contribution in [0.2, 0.25) is 0 Å². The number of para-hydroxylation sites is 3. The second kappa shape index (κ2) is 6.51. The summed E-state index contributed by atoms with van der Waals surface area (Å²) in [5.74, 6) is -0.340. The van der Waals surface area contributed by atoms with Gasteiger partial charge in [0, 0.05) is 17.1 Å². The van der Waals surface area contributed by atoms with Crippen molar-refractivity contribution in [3.8, 4) is 0 Å². The molecule has 3 N–H and O–H groups in total. The predicted octanol–water partition coefficient (Wildman–Crippen LogP) is 3.71. The van der Waals surface area contributed by atoms with Crippen LogP contribution in [0, 0.1) is 10.1 Å². The zero-order chi connectivity index (χ0) is 18.1. The first-order chi connectivity index (χ1) is 12.6. The van der Waals surface area contributed by atoms with Crippen LogP contribution < -0.4 is 10.9 Å². The topological polar surface area (TPSA) is 100 Å². The number of amides is 1. The predicted molar refractivity (Wildman–Crippen MR) is 99.1 cm³/mol. The van der Waals surface area contributed by atoms with Gasteiger partial charge in [0.2, 0.25) is 0 Å². The third-order valence-electron chi connectivity index (χ3n) is 4.79. The maximum atomic E-state index is 12.7. The number of nitro groups is 1. The highest BCUT2D eigenvalue weighted by molar-refractivity contribution is 6.07. The van der Waals surface area contributed by atoms with Crippen LogP contribution in [0.15, 0.2) is 42.5 Å². The first-order valence-corrected chi connectivity index (χ1v) is 8.57. The molecule has 1 aromatic heterocycles. The van der Waals surface area contributed by atoms with Crippen molar-refractivity contribution in [1.82, 2.24) is 10.4 Å². The molecule has 7 nitrogen and oxygen atoms in total. The molecule has 0 bridgehead atoms. The van der Waals surface area contributed by atoms with Gasteiger partial charge in [-0.15, -0.1) is 0 Å². The Labute approximate surface area is 149 Å². The first-order valence-electron chi connectivity index (χ1n) is 8.57. The molecule has 1 aliphatic rings. The summed E-state index contributed by atoms with van der Waals surface area (Å²) in [5.41, 5.74) is 9.22. The van der Waals surface area contributed by atoms with Crippen LogP contribution in [0.1, 0.15) is 34.5 Å². The molecule has 1 aliphatic carbocycles. The number of nitrogens with one attached hydrogen (secondary N) is 3. The van der Waals surface area contributed by atoms with E-state index in [4.69, 9.17) is 0 Å². The number of hydrogen-bond donors (Lipinski definition) is 3. The normalized spacial score (nSPS) is 13.2. The summed E-state index contributed by atoms with van der Waals surface area (Å²) in [5, 5.41) is 12.2. The van der Waals surface area contributed by atoms with E-state index in [0.29, 0.717) is 5.56 Å². The van der Waals surface area contributed by atoms with Crippen LogP contribution in [-0.2, 0) is 12.8 Å².